The monoisotopic (exact) mass is 343 g/mol. The maximum Gasteiger partial charge on any atom is 0.326 e. The zero-order valence-corrected chi connectivity index (χ0v) is 12.6. The second kappa shape index (κ2) is 7.19. The Morgan fingerprint density at radius 3 is 2.60 bits per heavy atom. The highest BCUT2D eigenvalue weighted by atomic mass is 79.9. The van der Waals surface area contributed by atoms with Crippen molar-refractivity contribution in [2.24, 2.45) is 5.92 Å². The molecule has 0 unspecified atom stereocenters. The van der Waals surface area contributed by atoms with E-state index in [1.54, 1.807) is 19.9 Å². The number of aliphatic carboxylic acids is 1. The van der Waals surface area contributed by atoms with E-state index in [0.717, 1.165) is 6.08 Å². The third-order valence-electron chi connectivity index (χ3n) is 2.60. The number of benzene rings is 1. The second-order valence-corrected chi connectivity index (χ2v) is 5.48. The van der Waals surface area contributed by atoms with E-state index >= 15 is 0 Å². The van der Waals surface area contributed by atoms with Gasteiger partial charge in [-0.3, -0.25) is 4.79 Å². The third-order valence-corrected chi connectivity index (χ3v) is 3.10. The van der Waals surface area contributed by atoms with E-state index in [1.165, 1.54) is 18.2 Å². The minimum Gasteiger partial charge on any atom is -0.480 e. The van der Waals surface area contributed by atoms with E-state index in [4.69, 9.17) is 5.11 Å². The van der Waals surface area contributed by atoms with E-state index in [-0.39, 0.29) is 11.5 Å². The number of halogens is 2. The molecule has 0 bridgehead atoms. The van der Waals surface area contributed by atoms with Gasteiger partial charge >= 0.3 is 5.97 Å². The van der Waals surface area contributed by atoms with Crippen LogP contribution in [0.5, 0.6) is 0 Å². The van der Waals surface area contributed by atoms with Gasteiger partial charge < -0.3 is 10.4 Å². The first-order valence-electron chi connectivity index (χ1n) is 5.97. The fourth-order valence-corrected chi connectivity index (χ4v) is 1.90. The van der Waals surface area contributed by atoms with Crippen molar-refractivity contribution in [3.05, 3.63) is 40.1 Å². The highest BCUT2D eigenvalue weighted by molar-refractivity contribution is 9.10. The van der Waals surface area contributed by atoms with Crippen molar-refractivity contribution >= 4 is 33.9 Å². The average molecular weight is 344 g/mol. The number of carbonyl (C=O) groups is 2. The normalized spacial score (nSPS) is 12.7. The molecule has 4 nitrogen and oxygen atoms in total. The quantitative estimate of drug-likeness (QED) is 0.808. The molecule has 0 heterocycles. The molecule has 20 heavy (non-hydrogen) atoms. The molecule has 0 aromatic heterocycles. The minimum atomic E-state index is -1.10. The topological polar surface area (TPSA) is 66.4 Å². The zero-order valence-electron chi connectivity index (χ0n) is 11.1. The number of amides is 1. The summed E-state index contributed by atoms with van der Waals surface area (Å²) in [5.74, 6) is -2.38. The van der Waals surface area contributed by atoms with Gasteiger partial charge in [0, 0.05) is 16.1 Å². The lowest BCUT2D eigenvalue weighted by Crippen LogP contribution is -2.43. The van der Waals surface area contributed by atoms with Crippen molar-refractivity contribution < 1.29 is 19.1 Å². The van der Waals surface area contributed by atoms with Crippen LogP contribution in [0.3, 0.4) is 0 Å². The summed E-state index contributed by atoms with van der Waals surface area (Å²) in [7, 11) is 0. The predicted octanol–water partition coefficient (Wildman–Crippen LogP) is 2.83. The lowest BCUT2D eigenvalue weighted by atomic mass is 10.0. The molecule has 0 aliphatic heterocycles. The molecule has 0 fully saturated rings. The van der Waals surface area contributed by atoms with Crippen molar-refractivity contribution in [1.29, 1.82) is 0 Å². The lowest BCUT2D eigenvalue weighted by molar-refractivity contribution is -0.142. The number of carbonyl (C=O) groups excluding carboxylic acids is 1. The van der Waals surface area contributed by atoms with E-state index in [9.17, 15) is 14.0 Å². The number of nitrogens with one attached hydrogen (secondary N) is 1. The molecule has 0 spiro atoms. The summed E-state index contributed by atoms with van der Waals surface area (Å²) in [6, 6.07) is 3.37. The van der Waals surface area contributed by atoms with Crippen LogP contribution < -0.4 is 5.32 Å². The van der Waals surface area contributed by atoms with Crippen molar-refractivity contribution in [3.8, 4) is 0 Å². The van der Waals surface area contributed by atoms with E-state index in [1.807, 2.05) is 0 Å². The van der Waals surface area contributed by atoms with Crippen molar-refractivity contribution in [2.75, 3.05) is 0 Å². The van der Waals surface area contributed by atoms with Crippen molar-refractivity contribution in [3.63, 3.8) is 0 Å². The molecule has 0 saturated heterocycles. The first-order valence-corrected chi connectivity index (χ1v) is 6.77. The fourth-order valence-electron chi connectivity index (χ4n) is 1.52. The molecule has 0 saturated carbocycles. The summed E-state index contributed by atoms with van der Waals surface area (Å²) in [6.07, 6.45) is 2.41. The van der Waals surface area contributed by atoms with E-state index in [2.05, 4.69) is 21.2 Å². The molecule has 2 N–H and O–H groups in total. The predicted molar refractivity (Wildman–Crippen MR) is 77.5 cm³/mol. The molecule has 6 heteroatoms. The van der Waals surface area contributed by atoms with Crippen LogP contribution in [0.25, 0.3) is 6.08 Å². The number of hydrogen-bond donors (Lipinski definition) is 2. The molecule has 108 valence electrons. The molecule has 1 aromatic carbocycles. The summed E-state index contributed by atoms with van der Waals surface area (Å²) < 4.78 is 14.1. The Kier molecular flexibility index (Phi) is 5.88. The summed E-state index contributed by atoms with van der Waals surface area (Å²) in [4.78, 5) is 22.6. The van der Waals surface area contributed by atoms with Crippen LogP contribution in [-0.2, 0) is 9.59 Å². The van der Waals surface area contributed by atoms with Crippen LogP contribution in [0.2, 0.25) is 0 Å². The number of hydrogen-bond acceptors (Lipinski definition) is 2. The van der Waals surface area contributed by atoms with Gasteiger partial charge in [-0.15, -0.1) is 0 Å². The number of rotatable bonds is 5. The van der Waals surface area contributed by atoms with Gasteiger partial charge in [0.05, 0.1) is 0 Å². The maximum atomic E-state index is 13.4. The summed E-state index contributed by atoms with van der Waals surface area (Å²) in [5.41, 5.74) is 0.242. The second-order valence-electron chi connectivity index (χ2n) is 4.57. The van der Waals surface area contributed by atoms with Crippen LogP contribution in [0.15, 0.2) is 28.7 Å². The number of carboxylic acids is 1. The standard InChI is InChI=1S/C14H15BrFNO3/c1-8(2)13(14(19)20)17-12(18)6-3-9-7-10(15)4-5-11(9)16/h3-8,13H,1-2H3,(H,17,18)(H,19,20)/t13-/m1/s1. The molecule has 0 aliphatic rings. The van der Waals surface area contributed by atoms with Gasteiger partial charge in [0.2, 0.25) is 5.91 Å². The van der Waals surface area contributed by atoms with Gasteiger partial charge in [0.15, 0.2) is 0 Å². The molecule has 0 radical (unpaired) electrons. The van der Waals surface area contributed by atoms with Crippen LogP contribution in [0.4, 0.5) is 4.39 Å². The van der Waals surface area contributed by atoms with Crippen molar-refractivity contribution in [2.45, 2.75) is 19.9 Å². The molecule has 1 aromatic rings. The van der Waals surface area contributed by atoms with Gasteiger partial charge in [-0.05, 0) is 30.2 Å². The zero-order chi connectivity index (χ0) is 15.3. The first-order chi connectivity index (χ1) is 9.31. The van der Waals surface area contributed by atoms with Gasteiger partial charge in [-0.25, -0.2) is 9.18 Å². The third kappa shape index (κ3) is 4.77. The average Bonchev–Trinajstić information content (AvgIpc) is 2.36. The summed E-state index contributed by atoms with van der Waals surface area (Å²) >= 11 is 3.20. The molecular weight excluding hydrogens is 329 g/mol. The van der Waals surface area contributed by atoms with Crippen LogP contribution >= 0.6 is 15.9 Å². The lowest BCUT2D eigenvalue weighted by Gasteiger charge is -2.16. The number of carboxylic acid groups (broad SMARTS) is 1. The SMILES string of the molecule is CC(C)[C@@H](NC(=O)C=Cc1cc(Br)ccc1F)C(=O)O. The highest BCUT2D eigenvalue weighted by Gasteiger charge is 2.22. The van der Waals surface area contributed by atoms with Crippen LogP contribution in [-0.4, -0.2) is 23.0 Å². The molecule has 1 amide bonds. The van der Waals surface area contributed by atoms with Gasteiger partial charge in [-0.2, -0.15) is 0 Å². The molecule has 1 rings (SSSR count). The highest BCUT2D eigenvalue weighted by Crippen LogP contribution is 2.16. The molecule has 0 aliphatic carbocycles. The first kappa shape index (κ1) is 16.4. The van der Waals surface area contributed by atoms with Gasteiger partial charge in [-0.1, -0.05) is 29.8 Å². The van der Waals surface area contributed by atoms with Gasteiger partial charge in [0.25, 0.3) is 0 Å². The summed E-state index contributed by atoms with van der Waals surface area (Å²) in [5, 5.41) is 11.3. The smallest absolute Gasteiger partial charge is 0.326 e. The Hall–Kier alpha value is -1.69. The van der Waals surface area contributed by atoms with E-state index < -0.39 is 23.7 Å². The van der Waals surface area contributed by atoms with Crippen LogP contribution in [0, 0.1) is 11.7 Å². The van der Waals surface area contributed by atoms with Crippen molar-refractivity contribution in [1.82, 2.24) is 5.32 Å². The Balaban J connectivity index is 2.77. The largest absolute Gasteiger partial charge is 0.480 e. The fraction of sp³-hybridized carbons (Fsp3) is 0.286. The Morgan fingerprint density at radius 2 is 2.05 bits per heavy atom. The molecule has 1 atom stereocenters. The molecular formula is C14H15BrFNO3. The Labute approximate surface area is 124 Å². The Morgan fingerprint density at radius 1 is 1.40 bits per heavy atom. The maximum absolute atomic E-state index is 13.4. The Bertz CT molecular complexity index is 543. The minimum absolute atomic E-state index is 0.242. The van der Waals surface area contributed by atoms with Crippen LogP contribution in [0.1, 0.15) is 19.4 Å². The van der Waals surface area contributed by atoms with Gasteiger partial charge in [0.1, 0.15) is 11.9 Å². The summed E-state index contributed by atoms with van der Waals surface area (Å²) in [6.45, 7) is 3.38. The van der Waals surface area contributed by atoms with E-state index in [0.29, 0.717) is 4.47 Å².